The van der Waals surface area contributed by atoms with Gasteiger partial charge in [0.25, 0.3) is 0 Å². The standard InChI is InChI=1S/C21H20O5/c1-2-5-16(12-21(22)23)15-8-10-17(11-9-15)24-13-18-14-25-19-6-3-4-7-20(19)26-18/h3-4,6-11,16,18H,12-14H2,1H3,(H,22,23)/t16?,18-/m0/s1. The molecule has 0 aromatic heterocycles. The van der Waals surface area contributed by atoms with Crippen molar-refractivity contribution in [3.05, 3.63) is 54.1 Å². The van der Waals surface area contributed by atoms with Gasteiger partial charge in [-0.05, 0) is 36.8 Å². The van der Waals surface area contributed by atoms with Gasteiger partial charge in [0, 0.05) is 0 Å². The molecule has 134 valence electrons. The van der Waals surface area contributed by atoms with Crippen LogP contribution in [-0.2, 0) is 4.79 Å². The molecule has 0 bridgehead atoms. The second-order valence-electron chi connectivity index (χ2n) is 5.92. The Hall–Kier alpha value is -3.13. The van der Waals surface area contributed by atoms with E-state index in [0.717, 1.165) is 17.1 Å². The van der Waals surface area contributed by atoms with Crippen molar-refractivity contribution in [2.24, 2.45) is 0 Å². The summed E-state index contributed by atoms with van der Waals surface area (Å²) in [5.41, 5.74) is 0.861. The van der Waals surface area contributed by atoms with Crippen LogP contribution in [0.5, 0.6) is 17.2 Å². The predicted octanol–water partition coefficient (Wildman–Crippen LogP) is 3.49. The van der Waals surface area contributed by atoms with Gasteiger partial charge in [0.1, 0.15) is 19.0 Å². The molecule has 1 unspecified atom stereocenters. The molecule has 0 spiro atoms. The van der Waals surface area contributed by atoms with Gasteiger partial charge < -0.3 is 19.3 Å². The Morgan fingerprint density at radius 2 is 1.96 bits per heavy atom. The van der Waals surface area contributed by atoms with Crippen LogP contribution in [0.2, 0.25) is 0 Å². The number of aliphatic carboxylic acids is 1. The number of hydrogen-bond donors (Lipinski definition) is 1. The van der Waals surface area contributed by atoms with Crippen molar-refractivity contribution in [2.75, 3.05) is 13.2 Å². The van der Waals surface area contributed by atoms with Gasteiger partial charge in [-0.3, -0.25) is 4.79 Å². The second kappa shape index (κ2) is 8.30. The fraction of sp³-hybridized carbons (Fsp3) is 0.286. The number of ether oxygens (including phenoxy) is 3. The monoisotopic (exact) mass is 352 g/mol. The van der Waals surface area contributed by atoms with Gasteiger partial charge >= 0.3 is 5.97 Å². The molecule has 1 aliphatic heterocycles. The first-order valence-electron chi connectivity index (χ1n) is 8.41. The molecule has 2 atom stereocenters. The van der Waals surface area contributed by atoms with Crippen molar-refractivity contribution < 1.29 is 24.1 Å². The Morgan fingerprint density at radius 1 is 1.23 bits per heavy atom. The molecule has 1 aliphatic rings. The normalized spacial score (nSPS) is 16.1. The van der Waals surface area contributed by atoms with E-state index >= 15 is 0 Å². The van der Waals surface area contributed by atoms with E-state index in [9.17, 15) is 4.79 Å². The van der Waals surface area contributed by atoms with Crippen LogP contribution in [0.3, 0.4) is 0 Å². The van der Waals surface area contributed by atoms with Crippen molar-refractivity contribution in [3.8, 4) is 29.1 Å². The first kappa shape index (κ1) is 17.7. The molecule has 0 saturated carbocycles. The fourth-order valence-corrected chi connectivity index (χ4v) is 2.73. The third-order valence-electron chi connectivity index (χ3n) is 3.98. The summed E-state index contributed by atoms with van der Waals surface area (Å²) in [6.45, 7) is 2.50. The highest BCUT2D eigenvalue weighted by Crippen LogP contribution is 2.31. The summed E-state index contributed by atoms with van der Waals surface area (Å²) in [4.78, 5) is 11.0. The van der Waals surface area contributed by atoms with Crippen LogP contribution in [0, 0.1) is 11.8 Å². The molecule has 0 fully saturated rings. The lowest BCUT2D eigenvalue weighted by Crippen LogP contribution is -2.34. The molecule has 26 heavy (non-hydrogen) atoms. The molecule has 3 rings (SSSR count). The highest BCUT2D eigenvalue weighted by Gasteiger charge is 2.21. The largest absolute Gasteiger partial charge is 0.490 e. The number of para-hydroxylation sites is 2. The predicted molar refractivity (Wildman–Crippen MR) is 96.7 cm³/mol. The van der Waals surface area contributed by atoms with Crippen molar-refractivity contribution in [3.63, 3.8) is 0 Å². The van der Waals surface area contributed by atoms with E-state index in [-0.39, 0.29) is 18.4 Å². The summed E-state index contributed by atoms with van der Waals surface area (Å²) in [5.74, 6) is 6.69. The summed E-state index contributed by atoms with van der Waals surface area (Å²) in [6, 6.07) is 14.9. The van der Waals surface area contributed by atoms with Crippen molar-refractivity contribution in [1.82, 2.24) is 0 Å². The second-order valence-corrected chi connectivity index (χ2v) is 5.92. The molecule has 2 aromatic carbocycles. The maximum absolute atomic E-state index is 11.0. The third kappa shape index (κ3) is 4.48. The molecule has 0 aliphatic carbocycles. The summed E-state index contributed by atoms with van der Waals surface area (Å²) < 4.78 is 17.3. The van der Waals surface area contributed by atoms with Crippen LogP contribution >= 0.6 is 0 Å². The topological polar surface area (TPSA) is 65.0 Å². The van der Waals surface area contributed by atoms with Crippen LogP contribution in [0.15, 0.2) is 48.5 Å². The summed E-state index contributed by atoms with van der Waals surface area (Å²) in [5, 5.41) is 9.01. The van der Waals surface area contributed by atoms with Crippen LogP contribution in [0.4, 0.5) is 0 Å². The molecule has 2 aromatic rings. The van der Waals surface area contributed by atoms with Gasteiger partial charge in [0.2, 0.25) is 0 Å². The third-order valence-corrected chi connectivity index (χ3v) is 3.98. The lowest BCUT2D eigenvalue weighted by atomic mass is 9.96. The molecule has 5 heteroatoms. The molecule has 1 heterocycles. The number of hydrogen-bond acceptors (Lipinski definition) is 4. The Morgan fingerprint density at radius 3 is 2.65 bits per heavy atom. The Kier molecular flexibility index (Phi) is 5.65. The first-order valence-corrected chi connectivity index (χ1v) is 8.41. The Bertz CT molecular complexity index is 816. The van der Waals surface area contributed by atoms with Crippen LogP contribution < -0.4 is 14.2 Å². The summed E-state index contributed by atoms with van der Waals surface area (Å²) >= 11 is 0. The van der Waals surface area contributed by atoms with Crippen molar-refractivity contribution >= 4 is 5.97 Å². The number of carbonyl (C=O) groups is 1. The highest BCUT2D eigenvalue weighted by atomic mass is 16.6. The molecule has 0 radical (unpaired) electrons. The number of fused-ring (bicyclic) bond motifs is 1. The Labute approximate surface area is 152 Å². The van der Waals surface area contributed by atoms with Gasteiger partial charge in [-0.25, -0.2) is 0 Å². The minimum absolute atomic E-state index is 0.0201. The van der Waals surface area contributed by atoms with Crippen LogP contribution in [0.1, 0.15) is 24.8 Å². The zero-order valence-corrected chi connectivity index (χ0v) is 14.5. The van der Waals surface area contributed by atoms with E-state index in [4.69, 9.17) is 19.3 Å². The molecule has 5 nitrogen and oxygen atoms in total. The van der Waals surface area contributed by atoms with Gasteiger partial charge in [-0.15, -0.1) is 5.92 Å². The zero-order chi connectivity index (χ0) is 18.4. The zero-order valence-electron chi connectivity index (χ0n) is 14.5. The average Bonchev–Trinajstić information content (AvgIpc) is 2.66. The Balaban J connectivity index is 1.58. The van der Waals surface area contributed by atoms with E-state index in [1.807, 2.05) is 48.5 Å². The SMILES string of the molecule is CC#CC(CC(=O)O)c1ccc(OC[C@H]2COc3ccccc3O2)cc1. The van der Waals surface area contributed by atoms with Gasteiger partial charge in [-0.1, -0.05) is 30.2 Å². The molecular formula is C21H20O5. The van der Waals surface area contributed by atoms with Gasteiger partial charge in [0.15, 0.2) is 17.6 Å². The van der Waals surface area contributed by atoms with Crippen molar-refractivity contribution in [2.45, 2.75) is 25.4 Å². The maximum atomic E-state index is 11.0. The smallest absolute Gasteiger partial charge is 0.304 e. The lowest BCUT2D eigenvalue weighted by Gasteiger charge is -2.26. The minimum atomic E-state index is -0.868. The maximum Gasteiger partial charge on any atom is 0.304 e. The van der Waals surface area contributed by atoms with E-state index in [1.165, 1.54) is 0 Å². The summed E-state index contributed by atoms with van der Waals surface area (Å²) in [7, 11) is 0. The molecule has 0 saturated heterocycles. The number of benzene rings is 2. The number of carboxylic acids is 1. The van der Waals surface area contributed by atoms with E-state index in [2.05, 4.69) is 11.8 Å². The highest BCUT2D eigenvalue weighted by molar-refractivity contribution is 5.69. The van der Waals surface area contributed by atoms with Crippen LogP contribution in [-0.4, -0.2) is 30.4 Å². The quantitative estimate of drug-likeness (QED) is 0.806. The summed E-state index contributed by atoms with van der Waals surface area (Å²) in [6.07, 6.45) is -0.205. The van der Waals surface area contributed by atoms with Gasteiger partial charge in [0.05, 0.1) is 12.3 Å². The lowest BCUT2D eigenvalue weighted by molar-refractivity contribution is -0.137. The van der Waals surface area contributed by atoms with Crippen molar-refractivity contribution in [1.29, 1.82) is 0 Å². The average molecular weight is 352 g/mol. The van der Waals surface area contributed by atoms with E-state index in [0.29, 0.717) is 19.0 Å². The van der Waals surface area contributed by atoms with Gasteiger partial charge in [-0.2, -0.15) is 0 Å². The van der Waals surface area contributed by atoms with E-state index in [1.54, 1.807) is 6.92 Å². The minimum Gasteiger partial charge on any atom is -0.490 e. The molecule has 0 amide bonds. The number of carboxylic acid groups (broad SMARTS) is 1. The molecular weight excluding hydrogens is 332 g/mol. The van der Waals surface area contributed by atoms with Crippen LogP contribution in [0.25, 0.3) is 0 Å². The first-order chi connectivity index (χ1) is 12.7. The number of rotatable bonds is 6. The molecule has 1 N–H and O–H groups in total. The fourth-order valence-electron chi connectivity index (χ4n) is 2.73. The van der Waals surface area contributed by atoms with E-state index < -0.39 is 5.97 Å².